The van der Waals surface area contributed by atoms with E-state index >= 15 is 0 Å². The summed E-state index contributed by atoms with van der Waals surface area (Å²) in [4.78, 5) is 6.28. The number of pyridine rings is 2. The number of nitrogens with two attached hydrogens (primary N) is 1. The van der Waals surface area contributed by atoms with Gasteiger partial charge in [-0.15, -0.1) is 10.2 Å². The van der Waals surface area contributed by atoms with Gasteiger partial charge >= 0.3 is 6.18 Å². The molecule has 0 bridgehead atoms. The second-order valence-corrected chi connectivity index (χ2v) is 9.09. The van der Waals surface area contributed by atoms with Crippen molar-refractivity contribution in [1.82, 2.24) is 24.5 Å². The second kappa shape index (κ2) is 7.50. The number of likely N-dealkylation sites (tertiary alicyclic amines) is 1. The monoisotopic (exact) mass is 452 g/mol. The Hall–Kier alpha value is -3.04. The average Bonchev–Trinajstić information content (AvgIpc) is 3.41. The van der Waals surface area contributed by atoms with Gasteiger partial charge in [0.2, 0.25) is 0 Å². The third-order valence-corrected chi connectivity index (χ3v) is 6.67. The molecule has 2 N–H and O–H groups in total. The highest BCUT2D eigenvalue weighted by Crippen LogP contribution is 2.43. The molecule has 2 fully saturated rings. The fourth-order valence-electron chi connectivity index (χ4n) is 4.92. The van der Waals surface area contributed by atoms with Crippen LogP contribution in [-0.2, 0) is 0 Å². The fraction of sp³-hybridized carbons (Fsp3) is 0.375. The highest BCUT2D eigenvalue weighted by atomic mass is 19.4. The van der Waals surface area contributed by atoms with Crippen LogP contribution in [0, 0.1) is 0 Å². The van der Waals surface area contributed by atoms with Crippen molar-refractivity contribution in [3.05, 3.63) is 59.8 Å². The molecule has 6 nitrogen and oxygen atoms in total. The van der Waals surface area contributed by atoms with Crippen LogP contribution in [0.1, 0.15) is 42.3 Å². The molecule has 2 atom stereocenters. The van der Waals surface area contributed by atoms with Gasteiger partial charge in [0.15, 0.2) is 11.5 Å². The van der Waals surface area contributed by atoms with Crippen molar-refractivity contribution < 1.29 is 13.2 Å². The van der Waals surface area contributed by atoms with Crippen LogP contribution in [-0.4, -0.2) is 49.8 Å². The molecule has 9 heteroatoms. The molecule has 4 aromatic rings. The normalized spacial score (nSPS) is 20.7. The first kappa shape index (κ1) is 20.6. The van der Waals surface area contributed by atoms with Crippen LogP contribution in [0.15, 0.2) is 48.7 Å². The standard InChI is InChI=1S/C24H23F3N6/c25-24(26,27)22(32-11-10-17(28)13-32)16-7-9-20-30-31-23(33(20)12-16)19-8-6-15-2-1-3-18(14-4-5-14)21(15)29-19/h1-3,6-9,12,14,17,22H,4-5,10-11,13,28H2/t17-,22-/m0/s1. The molecule has 0 amide bonds. The van der Waals surface area contributed by atoms with E-state index in [-0.39, 0.29) is 18.2 Å². The van der Waals surface area contributed by atoms with Crippen LogP contribution >= 0.6 is 0 Å². The van der Waals surface area contributed by atoms with Crippen molar-refractivity contribution >= 4 is 16.6 Å². The Balaban J connectivity index is 1.46. The number of rotatable bonds is 4. The van der Waals surface area contributed by atoms with Gasteiger partial charge in [0.25, 0.3) is 0 Å². The topological polar surface area (TPSA) is 72.3 Å². The Labute approximate surface area is 188 Å². The molecule has 4 heterocycles. The first-order valence-electron chi connectivity index (χ1n) is 11.2. The molecule has 33 heavy (non-hydrogen) atoms. The average molecular weight is 452 g/mol. The van der Waals surface area contributed by atoms with E-state index in [1.54, 1.807) is 10.5 Å². The summed E-state index contributed by atoms with van der Waals surface area (Å²) in [5, 5.41) is 9.49. The van der Waals surface area contributed by atoms with E-state index in [1.807, 2.05) is 24.3 Å². The summed E-state index contributed by atoms with van der Waals surface area (Å²) in [5.41, 5.74) is 9.24. The number of halogens is 3. The van der Waals surface area contributed by atoms with Crippen molar-refractivity contribution in [1.29, 1.82) is 0 Å². The number of nitrogens with zero attached hydrogens (tertiary/aromatic N) is 5. The van der Waals surface area contributed by atoms with Gasteiger partial charge < -0.3 is 5.73 Å². The number of hydrogen-bond donors (Lipinski definition) is 1. The van der Waals surface area contributed by atoms with E-state index < -0.39 is 12.2 Å². The zero-order valence-electron chi connectivity index (χ0n) is 17.8. The molecule has 1 aliphatic heterocycles. The maximum absolute atomic E-state index is 14.1. The van der Waals surface area contributed by atoms with Gasteiger partial charge in [-0.1, -0.05) is 30.3 Å². The van der Waals surface area contributed by atoms with Gasteiger partial charge in [-0.05, 0) is 48.4 Å². The van der Waals surface area contributed by atoms with Crippen LogP contribution in [0.4, 0.5) is 13.2 Å². The van der Waals surface area contributed by atoms with Crippen molar-refractivity contribution in [3.8, 4) is 11.5 Å². The number of benzene rings is 1. The van der Waals surface area contributed by atoms with E-state index in [0.717, 1.165) is 23.7 Å². The van der Waals surface area contributed by atoms with Gasteiger partial charge in [-0.3, -0.25) is 9.30 Å². The van der Waals surface area contributed by atoms with Crippen LogP contribution in [0.2, 0.25) is 0 Å². The van der Waals surface area contributed by atoms with Gasteiger partial charge in [0.05, 0.1) is 5.52 Å². The summed E-state index contributed by atoms with van der Waals surface area (Å²) < 4.78 is 43.9. The Kier molecular flexibility index (Phi) is 4.67. The van der Waals surface area contributed by atoms with E-state index in [4.69, 9.17) is 10.7 Å². The molecular formula is C24H23F3N6. The lowest BCUT2D eigenvalue weighted by molar-refractivity contribution is -0.183. The summed E-state index contributed by atoms with van der Waals surface area (Å²) in [6.07, 6.45) is -0.0723. The lowest BCUT2D eigenvalue weighted by atomic mass is 10.1. The van der Waals surface area contributed by atoms with Crippen LogP contribution in [0.25, 0.3) is 28.1 Å². The zero-order valence-corrected chi connectivity index (χ0v) is 17.8. The second-order valence-electron chi connectivity index (χ2n) is 9.09. The van der Waals surface area contributed by atoms with Gasteiger partial charge in [0, 0.05) is 30.7 Å². The minimum atomic E-state index is -4.42. The Bertz CT molecular complexity index is 1340. The van der Waals surface area contributed by atoms with Crippen LogP contribution in [0.5, 0.6) is 0 Å². The molecule has 1 saturated heterocycles. The number of fused-ring (bicyclic) bond motifs is 2. The maximum atomic E-state index is 14.1. The molecule has 0 unspecified atom stereocenters. The Morgan fingerprint density at radius 2 is 1.85 bits per heavy atom. The molecule has 170 valence electrons. The highest BCUT2D eigenvalue weighted by molar-refractivity contribution is 5.84. The molecule has 1 aliphatic carbocycles. The minimum absolute atomic E-state index is 0.143. The third kappa shape index (κ3) is 3.65. The predicted octanol–water partition coefficient (Wildman–Crippen LogP) is 4.46. The zero-order chi connectivity index (χ0) is 22.7. The van der Waals surface area contributed by atoms with Crippen LogP contribution < -0.4 is 5.73 Å². The van der Waals surface area contributed by atoms with Crippen molar-refractivity contribution in [2.24, 2.45) is 5.73 Å². The van der Waals surface area contributed by atoms with Gasteiger partial charge in [-0.25, -0.2) is 4.98 Å². The summed E-state index contributed by atoms with van der Waals surface area (Å²) in [7, 11) is 0. The van der Waals surface area contributed by atoms with E-state index in [0.29, 0.717) is 36.0 Å². The summed E-state index contributed by atoms with van der Waals surface area (Å²) in [6.45, 7) is 0.530. The minimum Gasteiger partial charge on any atom is -0.326 e. The summed E-state index contributed by atoms with van der Waals surface area (Å²) in [6, 6.07) is 11.1. The number of aromatic nitrogens is 4. The summed E-state index contributed by atoms with van der Waals surface area (Å²) in [5.74, 6) is 0.955. The number of alkyl halides is 3. The smallest absolute Gasteiger partial charge is 0.326 e. The highest BCUT2D eigenvalue weighted by Gasteiger charge is 2.46. The molecule has 1 aromatic carbocycles. The SMILES string of the molecule is N[C@H]1CCN([C@@H](c2ccc3nnc(-c4ccc5cccc(C6CC6)c5n4)n3c2)C(F)(F)F)C1. The lowest BCUT2D eigenvalue weighted by Gasteiger charge is -2.30. The van der Waals surface area contributed by atoms with Crippen molar-refractivity contribution in [3.63, 3.8) is 0 Å². The molecular weight excluding hydrogens is 429 g/mol. The third-order valence-electron chi connectivity index (χ3n) is 6.67. The molecule has 2 aliphatic rings. The number of para-hydroxylation sites is 1. The molecule has 1 saturated carbocycles. The largest absolute Gasteiger partial charge is 0.408 e. The molecule has 6 rings (SSSR count). The van der Waals surface area contributed by atoms with Crippen molar-refractivity contribution in [2.75, 3.05) is 13.1 Å². The predicted molar refractivity (Wildman–Crippen MR) is 119 cm³/mol. The fourth-order valence-corrected chi connectivity index (χ4v) is 4.92. The maximum Gasteiger partial charge on any atom is 0.408 e. The van der Waals surface area contributed by atoms with E-state index in [1.165, 1.54) is 22.7 Å². The first-order chi connectivity index (χ1) is 15.9. The van der Waals surface area contributed by atoms with E-state index in [9.17, 15) is 13.2 Å². The van der Waals surface area contributed by atoms with Crippen molar-refractivity contribution in [2.45, 2.75) is 43.4 Å². The van der Waals surface area contributed by atoms with Crippen LogP contribution in [0.3, 0.4) is 0 Å². The first-order valence-corrected chi connectivity index (χ1v) is 11.2. The lowest BCUT2D eigenvalue weighted by Crippen LogP contribution is -2.38. The summed E-state index contributed by atoms with van der Waals surface area (Å²) >= 11 is 0. The quantitative estimate of drug-likeness (QED) is 0.495. The Morgan fingerprint density at radius 3 is 2.58 bits per heavy atom. The molecule has 3 aromatic heterocycles. The van der Waals surface area contributed by atoms with Gasteiger partial charge in [0.1, 0.15) is 11.7 Å². The number of hydrogen-bond acceptors (Lipinski definition) is 5. The van der Waals surface area contributed by atoms with E-state index in [2.05, 4.69) is 16.3 Å². The molecule has 0 radical (unpaired) electrons. The van der Waals surface area contributed by atoms with Gasteiger partial charge in [-0.2, -0.15) is 13.2 Å². The molecule has 0 spiro atoms. The Morgan fingerprint density at radius 1 is 1.00 bits per heavy atom.